The van der Waals surface area contributed by atoms with Crippen molar-refractivity contribution in [3.05, 3.63) is 29.3 Å². The lowest BCUT2D eigenvalue weighted by molar-refractivity contribution is -0.0104. The minimum atomic E-state index is -0.0809. The fourth-order valence-corrected chi connectivity index (χ4v) is 3.24. The van der Waals surface area contributed by atoms with Crippen molar-refractivity contribution in [3.63, 3.8) is 0 Å². The Labute approximate surface area is 108 Å². The van der Waals surface area contributed by atoms with Crippen molar-refractivity contribution < 1.29 is 9.47 Å². The second-order valence-corrected chi connectivity index (χ2v) is 5.45. The lowest BCUT2D eigenvalue weighted by atomic mass is 9.87. The highest BCUT2D eigenvalue weighted by molar-refractivity contribution is 5.41. The molecule has 2 unspecified atom stereocenters. The second-order valence-electron chi connectivity index (χ2n) is 5.45. The first-order valence-corrected chi connectivity index (χ1v) is 6.80. The lowest BCUT2D eigenvalue weighted by Crippen LogP contribution is -2.39. The molecule has 18 heavy (non-hydrogen) atoms. The molecule has 1 aromatic rings. The van der Waals surface area contributed by atoms with E-state index < -0.39 is 0 Å². The van der Waals surface area contributed by atoms with Gasteiger partial charge in [-0.25, -0.2) is 0 Å². The van der Waals surface area contributed by atoms with Gasteiger partial charge in [0.05, 0.1) is 18.2 Å². The van der Waals surface area contributed by atoms with Gasteiger partial charge in [-0.15, -0.1) is 0 Å². The first-order valence-electron chi connectivity index (χ1n) is 6.80. The molecule has 1 aromatic carbocycles. The molecule has 0 aliphatic carbocycles. The van der Waals surface area contributed by atoms with Gasteiger partial charge in [-0.2, -0.15) is 0 Å². The quantitative estimate of drug-likeness (QED) is 0.890. The Bertz CT molecular complexity index is 438. The molecule has 1 fully saturated rings. The second kappa shape index (κ2) is 4.56. The summed E-state index contributed by atoms with van der Waals surface area (Å²) in [6.45, 7) is 3.91. The summed E-state index contributed by atoms with van der Waals surface area (Å²) in [6.07, 6.45) is 3.30. The zero-order chi connectivity index (χ0) is 12.6. The third-order valence-corrected chi connectivity index (χ3v) is 4.20. The fourth-order valence-electron chi connectivity index (χ4n) is 3.24. The largest absolute Gasteiger partial charge is 0.493 e. The van der Waals surface area contributed by atoms with E-state index in [1.807, 2.05) is 7.05 Å². The molecule has 2 atom stereocenters. The van der Waals surface area contributed by atoms with Crippen molar-refractivity contribution in [1.82, 2.24) is 5.32 Å². The SMILES string of the molecule is CNC(c1ccc2c(c1)CCO2)C1(C)CCCO1. The van der Waals surface area contributed by atoms with Crippen molar-refractivity contribution in [2.45, 2.75) is 37.8 Å². The molecule has 1 N–H and O–H groups in total. The highest BCUT2D eigenvalue weighted by Crippen LogP contribution is 2.39. The van der Waals surface area contributed by atoms with E-state index >= 15 is 0 Å². The van der Waals surface area contributed by atoms with Gasteiger partial charge in [0.1, 0.15) is 5.75 Å². The topological polar surface area (TPSA) is 30.5 Å². The maximum Gasteiger partial charge on any atom is 0.122 e. The summed E-state index contributed by atoms with van der Waals surface area (Å²) in [7, 11) is 2.02. The van der Waals surface area contributed by atoms with Crippen LogP contribution in [-0.2, 0) is 11.2 Å². The normalized spacial score (nSPS) is 27.9. The number of benzene rings is 1. The number of ether oxygens (including phenoxy) is 2. The van der Waals surface area contributed by atoms with Gasteiger partial charge in [-0.3, -0.25) is 0 Å². The van der Waals surface area contributed by atoms with Gasteiger partial charge in [0.15, 0.2) is 0 Å². The molecule has 0 spiro atoms. The Morgan fingerprint density at radius 1 is 1.33 bits per heavy atom. The van der Waals surface area contributed by atoms with E-state index in [-0.39, 0.29) is 11.6 Å². The molecule has 0 saturated carbocycles. The van der Waals surface area contributed by atoms with Gasteiger partial charge in [-0.1, -0.05) is 12.1 Å². The first-order chi connectivity index (χ1) is 8.73. The van der Waals surface area contributed by atoms with E-state index in [4.69, 9.17) is 9.47 Å². The third kappa shape index (κ3) is 1.91. The van der Waals surface area contributed by atoms with Crippen LogP contribution in [0.15, 0.2) is 18.2 Å². The number of nitrogens with one attached hydrogen (secondary N) is 1. The van der Waals surface area contributed by atoms with Gasteiger partial charge in [0.25, 0.3) is 0 Å². The van der Waals surface area contributed by atoms with Crippen LogP contribution >= 0.6 is 0 Å². The predicted molar refractivity (Wildman–Crippen MR) is 71.0 cm³/mol. The van der Waals surface area contributed by atoms with Crippen molar-refractivity contribution >= 4 is 0 Å². The summed E-state index contributed by atoms with van der Waals surface area (Å²) in [5.41, 5.74) is 2.56. The van der Waals surface area contributed by atoms with Crippen LogP contribution < -0.4 is 10.1 Å². The third-order valence-electron chi connectivity index (χ3n) is 4.20. The maximum absolute atomic E-state index is 5.97. The fraction of sp³-hybridized carbons (Fsp3) is 0.600. The van der Waals surface area contributed by atoms with Gasteiger partial charge < -0.3 is 14.8 Å². The van der Waals surface area contributed by atoms with E-state index in [1.165, 1.54) is 11.1 Å². The molecule has 3 heteroatoms. The van der Waals surface area contributed by atoms with Gasteiger partial charge in [0.2, 0.25) is 0 Å². The highest BCUT2D eigenvalue weighted by Gasteiger charge is 2.38. The van der Waals surface area contributed by atoms with Crippen molar-refractivity contribution in [3.8, 4) is 5.75 Å². The number of fused-ring (bicyclic) bond motifs is 1. The molecule has 0 aromatic heterocycles. The van der Waals surface area contributed by atoms with Crippen molar-refractivity contribution in [2.75, 3.05) is 20.3 Å². The Morgan fingerprint density at radius 2 is 2.22 bits per heavy atom. The standard InChI is InChI=1S/C15H21NO2/c1-15(7-3-8-18-15)14(16-2)12-4-5-13-11(10-12)6-9-17-13/h4-5,10,14,16H,3,6-9H2,1-2H3. The minimum Gasteiger partial charge on any atom is -0.493 e. The summed E-state index contributed by atoms with van der Waals surface area (Å²) in [5.74, 6) is 1.05. The summed E-state index contributed by atoms with van der Waals surface area (Å²) in [6, 6.07) is 6.79. The van der Waals surface area contributed by atoms with E-state index in [9.17, 15) is 0 Å². The van der Waals surface area contributed by atoms with Gasteiger partial charge in [0, 0.05) is 13.0 Å². The van der Waals surface area contributed by atoms with E-state index in [1.54, 1.807) is 0 Å². The molecular formula is C15H21NO2. The highest BCUT2D eigenvalue weighted by atomic mass is 16.5. The molecule has 3 nitrogen and oxygen atoms in total. The predicted octanol–water partition coefficient (Wildman–Crippen LogP) is 2.45. The van der Waals surface area contributed by atoms with Crippen LogP contribution in [0.4, 0.5) is 0 Å². The van der Waals surface area contributed by atoms with E-state index in [2.05, 4.69) is 30.4 Å². The average Bonchev–Trinajstić information content (AvgIpc) is 2.98. The smallest absolute Gasteiger partial charge is 0.122 e. The summed E-state index contributed by atoms with van der Waals surface area (Å²) in [5, 5.41) is 3.43. The summed E-state index contributed by atoms with van der Waals surface area (Å²) >= 11 is 0. The molecule has 0 bridgehead atoms. The monoisotopic (exact) mass is 247 g/mol. The zero-order valence-electron chi connectivity index (χ0n) is 11.2. The maximum atomic E-state index is 5.97. The van der Waals surface area contributed by atoms with E-state index in [0.717, 1.165) is 38.2 Å². The number of likely N-dealkylation sites (N-methyl/N-ethyl adjacent to an activating group) is 1. The molecule has 2 aliphatic rings. The Morgan fingerprint density at radius 3 is 2.94 bits per heavy atom. The summed E-state index contributed by atoms with van der Waals surface area (Å²) in [4.78, 5) is 0. The summed E-state index contributed by atoms with van der Waals surface area (Å²) < 4.78 is 11.5. The van der Waals surface area contributed by atoms with Crippen LogP contribution in [0.1, 0.15) is 36.9 Å². The average molecular weight is 247 g/mol. The van der Waals surface area contributed by atoms with Crippen molar-refractivity contribution in [2.24, 2.45) is 0 Å². The van der Waals surface area contributed by atoms with Crippen molar-refractivity contribution in [1.29, 1.82) is 0 Å². The van der Waals surface area contributed by atoms with Crippen LogP contribution in [0.5, 0.6) is 5.75 Å². The molecule has 98 valence electrons. The molecule has 3 rings (SSSR count). The number of rotatable bonds is 3. The molecule has 2 aliphatic heterocycles. The minimum absolute atomic E-state index is 0.0809. The number of hydrogen-bond donors (Lipinski definition) is 1. The first kappa shape index (κ1) is 12.0. The van der Waals surface area contributed by atoms with Crippen LogP contribution in [0.25, 0.3) is 0 Å². The Balaban J connectivity index is 1.92. The molecule has 0 radical (unpaired) electrons. The lowest BCUT2D eigenvalue weighted by Gasteiger charge is -2.33. The molecule has 0 amide bonds. The Hall–Kier alpha value is -1.06. The van der Waals surface area contributed by atoms with Crippen LogP contribution in [0.2, 0.25) is 0 Å². The molecular weight excluding hydrogens is 226 g/mol. The van der Waals surface area contributed by atoms with Crippen LogP contribution in [0.3, 0.4) is 0 Å². The van der Waals surface area contributed by atoms with E-state index in [0.29, 0.717) is 0 Å². The van der Waals surface area contributed by atoms with Gasteiger partial charge in [-0.05, 0) is 44.0 Å². The molecule has 1 saturated heterocycles. The van der Waals surface area contributed by atoms with Crippen LogP contribution in [-0.4, -0.2) is 25.9 Å². The Kier molecular flexibility index (Phi) is 3.04. The van der Waals surface area contributed by atoms with Crippen LogP contribution in [0, 0.1) is 0 Å². The molecule has 2 heterocycles. The zero-order valence-corrected chi connectivity index (χ0v) is 11.2. The number of hydrogen-bond acceptors (Lipinski definition) is 3. The van der Waals surface area contributed by atoms with Gasteiger partial charge >= 0.3 is 0 Å².